The van der Waals surface area contributed by atoms with Gasteiger partial charge >= 0.3 is 0 Å². The largest absolute Gasteiger partial charge is 0.0622 e. The highest BCUT2D eigenvalue weighted by atomic mass is 14.3. The number of rotatable bonds is 8. The lowest BCUT2D eigenvalue weighted by atomic mass is 9.71. The minimum atomic E-state index is -0.179. The van der Waals surface area contributed by atoms with Gasteiger partial charge < -0.3 is 0 Å². The molecule has 0 spiro atoms. The normalized spacial score (nSPS) is 13.2. The van der Waals surface area contributed by atoms with E-state index in [4.69, 9.17) is 6.92 Å². The molecule has 5 rings (SSSR count). The number of aryl methyl sites for hydroxylation is 1. The zero-order valence-electron chi connectivity index (χ0n) is 19.2. The predicted molar refractivity (Wildman–Crippen MR) is 143 cm³/mol. The van der Waals surface area contributed by atoms with Crippen molar-refractivity contribution in [3.8, 4) is 0 Å². The summed E-state index contributed by atoms with van der Waals surface area (Å²) in [5.41, 5.74) is 4.00. The molecular weight excluding hydrogens is 396 g/mol. The number of unbranched alkanes of at least 4 members (excludes halogenated alkanes) is 1. The van der Waals surface area contributed by atoms with Crippen LogP contribution in [0.2, 0.25) is 0 Å². The highest BCUT2D eigenvalue weighted by Crippen LogP contribution is 2.38. The Balaban J connectivity index is 1.48. The summed E-state index contributed by atoms with van der Waals surface area (Å²) in [6.45, 7) is 4.94. The third-order valence-electron chi connectivity index (χ3n) is 6.98. The molecule has 0 aliphatic rings. The monoisotopic (exact) mass is 427 g/mol. The molecule has 0 aliphatic carbocycles. The van der Waals surface area contributed by atoms with Crippen LogP contribution in [0.25, 0.3) is 21.5 Å². The van der Waals surface area contributed by atoms with Crippen molar-refractivity contribution in [3.63, 3.8) is 0 Å². The van der Waals surface area contributed by atoms with Crippen LogP contribution in [0.5, 0.6) is 0 Å². The first kappa shape index (κ1) is 21.5. The van der Waals surface area contributed by atoms with Gasteiger partial charge in [0, 0.05) is 5.41 Å². The fourth-order valence-electron chi connectivity index (χ4n) is 5.25. The van der Waals surface area contributed by atoms with E-state index in [1.807, 2.05) is 0 Å². The van der Waals surface area contributed by atoms with Crippen LogP contribution in [-0.2, 0) is 18.3 Å². The molecule has 0 saturated carbocycles. The second kappa shape index (κ2) is 9.63. The Morgan fingerprint density at radius 3 is 1.94 bits per heavy atom. The highest BCUT2D eigenvalue weighted by Gasteiger charge is 2.29. The summed E-state index contributed by atoms with van der Waals surface area (Å²) in [6.07, 6.45) is 5.47. The van der Waals surface area contributed by atoms with Gasteiger partial charge in [-0.05, 0) is 70.8 Å². The van der Waals surface area contributed by atoms with Crippen LogP contribution in [0, 0.1) is 6.92 Å². The third-order valence-corrected chi connectivity index (χ3v) is 6.98. The first-order valence-corrected chi connectivity index (χ1v) is 12.1. The summed E-state index contributed by atoms with van der Waals surface area (Å²) in [5.74, 6) is 0. The molecule has 0 aromatic heterocycles. The van der Waals surface area contributed by atoms with Crippen LogP contribution in [0.15, 0.2) is 115 Å². The van der Waals surface area contributed by atoms with Crippen molar-refractivity contribution in [2.75, 3.05) is 0 Å². The average molecular weight is 428 g/mol. The molecule has 1 unspecified atom stereocenters. The van der Waals surface area contributed by atoms with Crippen molar-refractivity contribution in [2.24, 2.45) is 0 Å². The van der Waals surface area contributed by atoms with E-state index in [-0.39, 0.29) is 5.41 Å². The van der Waals surface area contributed by atoms with Gasteiger partial charge in [0.15, 0.2) is 0 Å². The van der Waals surface area contributed by atoms with E-state index in [9.17, 15) is 0 Å². The zero-order valence-corrected chi connectivity index (χ0v) is 19.2. The Morgan fingerprint density at radius 2 is 1.15 bits per heavy atom. The molecular formula is C33H31. The molecule has 0 saturated heterocycles. The van der Waals surface area contributed by atoms with Crippen LogP contribution in [0.1, 0.15) is 36.0 Å². The highest BCUT2D eigenvalue weighted by molar-refractivity contribution is 5.88. The lowest BCUT2D eigenvalue weighted by Crippen LogP contribution is -2.26. The maximum Gasteiger partial charge on any atom is 0.00000341 e. The summed E-state index contributed by atoms with van der Waals surface area (Å²) < 4.78 is 0. The van der Waals surface area contributed by atoms with Gasteiger partial charge in [0.2, 0.25) is 0 Å². The van der Waals surface area contributed by atoms with Gasteiger partial charge in [0.05, 0.1) is 0 Å². The van der Waals surface area contributed by atoms with Gasteiger partial charge in [-0.25, -0.2) is 0 Å². The summed E-state index contributed by atoms with van der Waals surface area (Å²) in [7, 11) is 0. The molecule has 5 aromatic rings. The Labute approximate surface area is 197 Å². The summed E-state index contributed by atoms with van der Waals surface area (Å²) in [6, 6.07) is 41.7. The van der Waals surface area contributed by atoms with Crippen LogP contribution in [-0.4, -0.2) is 0 Å². The van der Waals surface area contributed by atoms with Crippen molar-refractivity contribution in [3.05, 3.63) is 139 Å². The summed E-state index contributed by atoms with van der Waals surface area (Å²) in [4.78, 5) is 0. The number of fused-ring (bicyclic) bond motifs is 2. The fraction of sp³-hybridized carbons (Fsp3) is 0.182. The lowest BCUT2D eigenvalue weighted by molar-refractivity contribution is 0.459. The molecule has 0 nitrogen and oxygen atoms in total. The lowest BCUT2D eigenvalue weighted by Gasteiger charge is -2.32. The second-order valence-corrected chi connectivity index (χ2v) is 9.31. The molecule has 0 heterocycles. The van der Waals surface area contributed by atoms with Crippen molar-refractivity contribution >= 4 is 21.5 Å². The molecule has 0 N–H and O–H groups in total. The van der Waals surface area contributed by atoms with Crippen molar-refractivity contribution < 1.29 is 0 Å². The Kier molecular flexibility index (Phi) is 6.26. The SMILES string of the molecule is [CH2]C(CCCCc1ccccc1)(Cc1cccc2ccccc12)c1cccc2ccccc12. The molecule has 0 aliphatic heterocycles. The number of benzene rings is 5. The van der Waals surface area contributed by atoms with Crippen molar-refractivity contribution in [1.82, 2.24) is 0 Å². The van der Waals surface area contributed by atoms with Gasteiger partial charge in [-0.1, -0.05) is 122 Å². The van der Waals surface area contributed by atoms with Gasteiger partial charge in [0.1, 0.15) is 0 Å². The maximum absolute atomic E-state index is 4.94. The van der Waals surface area contributed by atoms with Crippen LogP contribution >= 0.6 is 0 Å². The van der Waals surface area contributed by atoms with E-state index in [0.29, 0.717) is 0 Å². The molecule has 5 aromatic carbocycles. The first-order valence-electron chi connectivity index (χ1n) is 12.1. The van der Waals surface area contributed by atoms with E-state index < -0.39 is 0 Å². The standard InChI is InChI=1S/C33H31/c1-33(24-10-9-15-26-13-3-2-4-14-26,32-23-12-19-28-17-6-8-22-31(28)32)25-29-20-11-18-27-16-5-7-21-30(27)29/h2-8,11-14,16-23H,1,9-10,15,24-25H2. The average Bonchev–Trinajstić information content (AvgIpc) is 2.87. The van der Waals surface area contributed by atoms with E-state index in [1.165, 1.54) is 44.7 Å². The third kappa shape index (κ3) is 4.71. The Bertz CT molecular complexity index is 1340. The van der Waals surface area contributed by atoms with E-state index in [1.54, 1.807) is 0 Å². The van der Waals surface area contributed by atoms with Crippen LogP contribution in [0.3, 0.4) is 0 Å². The van der Waals surface area contributed by atoms with E-state index in [0.717, 1.165) is 25.7 Å². The first-order chi connectivity index (χ1) is 16.2. The molecule has 0 amide bonds. The van der Waals surface area contributed by atoms with Gasteiger partial charge in [0.25, 0.3) is 0 Å². The minimum absolute atomic E-state index is 0.179. The summed E-state index contributed by atoms with van der Waals surface area (Å²) in [5, 5.41) is 5.28. The zero-order chi connectivity index (χ0) is 22.5. The molecule has 33 heavy (non-hydrogen) atoms. The van der Waals surface area contributed by atoms with Crippen molar-refractivity contribution in [2.45, 2.75) is 37.5 Å². The van der Waals surface area contributed by atoms with Crippen LogP contribution < -0.4 is 0 Å². The Hall–Kier alpha value is -3.38. The van der Waals surface area contributed by atoms with Gasteiger partial charge in [-0.2, -0.15) is 0 Å². The number of hydrogen-bond donors (Lipinski definition) is 0. The summed E-state index contributed by atoms with van der Waals surface area (Å²) >= 11 is 0. The smallest absolute Gasteiger partial charge is 0.00000341 e. The van der Waals surface area contributed by atoms with Crippen LogP contribution in [0.4, 0.5) is 0 Å². The molecule has 0 fully saturated rings. The number of hydrogen-bond acceptors (Lipinski definition) is 0. The molecule has 1 radical (unpaired) electrons. The molecule has 0 heteroatoms. The Morgan fingerprint density at radius 1 is 0.545 bits per heavy atom. The quantitative estimate of drug-likeness (QED) is 0.217. The second-order valence-electron chi connectivity index (χ2n) is 9.31. The van der Waals surface area contributed by atoms with Gasteiger partial charge in [-0.15, -0.1) is 0 Å². The predicted octanol–water partition coefficient (Wildman–Crippen LogP) is 8.72. The fourth-order valence-corrected chi connectivity index (χ4v) is 5.25. The minimum Gasteiger partial charge on any atom is -0.0622 e. The molecule has 163 valence electrons. The molecule has 1 atom stereocenters. The maximum atomic E-state index is 4.94. The van der Waals surface area contributed by atoms with Gasteiger partial charge in [-0.3, -0.25) is 0 Å². The molecule has 0 bridgehead atoms. The topological polar surface area (TPSA) is 0 Å². The van der Waals surface area contributed by atoms with Crippen molar-refractivity contribution in [1.29, 1.82) is 0 Å². The van der Waals surface area contributed by atoms with E-state index >= 15 is 0 Å². The van der Waals surface area contributed by atoms with E-state index in [2.05, 4.69) is 115 Å².